The minimum absolute atomic E-state index is 0.342. The Bertz CT molecular complexity index is 948. The second-order valence-corrected chi connectivity index (χ2v) is 8.37. The number of benzene rings is 1. The highest BCUT2D eigenvalue weighted by Gasteiger charge is 2.34. The van der Waals surface area contributed by atoms with Gasteiger partial charge >= 0.3 is 0 Å². The Morgan fingerprint density at radius 1 is 1.06 bits per heavy atom. The molecule has 2 aromatic rings. The van der Waals surface area contributed by atoms with Crippen molar-refractivity contribution in [2.75, 3.05) is 26.2 Å². The molecule has 0 radical (unpaired) electrons. The molecular weight excluding hydrogens is 483 g/mol. The summed E-state index contributed by atoms with van der Waals surface area (Å²) in [6.45, 7) is 3.65. The molecule has 1 unspecified atom stereocenters. The van der Waals surface area contributed by atoms with Crippen molar-refractivity contribution in [2.24, 2.45) is 0 Å². The average Bonchev–Trinajstić information content (AvgIpc) is 3.07. The first-order valence-corrected chi connectivity index (χ1v) is 10.5. The number of aromatic nitrogens is 2. The van der Waals surface area contributed by atoms with Crippen molar-refractivity contribution in [1.29, 1.82) is 0 Å². The number of hydrogen-bond acceptors (Lipinski definition) is 3. The van der Waals surface area contributed by atoms with Gasteiger partial charge in [-0.15, -0.1) is 0 Å². The first kappa shape index (κ1) is 24.1. The van der Waals surface area contributed by atoms with E-state index in [0.717, 1.165) is 5.56 Å². The van der Waals surface area contributed by atoms with Gasteiger partial charge in [0.2, 0.25) is 5.91 Å². The molecule has 3 rings (SSSR count). The molecule has 0 aliphatic carbocycles. The van der Waals surface area contributed by atoms with Gasteiger partial charge in [0.15, 0.2) is 0 Å². The molecule has 170 valence electrons. The van der Waals surface area contributed by atoms with E-state index in [0.29, 0.717) is 47.5 Å². The van der Waals surface area contributed by atoms with Gasteiger partial charge in [-0.3, -0.25) is 9.69 Å². The monoisotopic (exact) mass is 500 g/mol. The number of amides is 1. The molecule has 31 heavy (non-hydrogen) atoms. The van der Waals surface area contributed by atoms with E-state index < -0.39 is 41.2 Å². The van der Waals surface area contributed by atoms with E-state index in [4.69, 9.17) is 34.8 Å². The van der Waals surface area contributed by atoms with E-state index in [1.165, 1.54) is 11.8 Å². The normalized spacial score (nSPS) is 16.4. The van der Waals surface area contributed by atoms with Crippen molar-refractivity contribution in [3.63, 3.8) is 0 Å². The van der Waals surface area contributed by atoms with Crippen LogP contribution >= 0.6 is 34.8 Å². The molecule has 1 fully saturated rings. The fraction of sp³-hybridized carbons (Fsp3) is 0.474. The first-order valence-electron chi connectivity index (χ1n) is 9.39. The lowest BCUT2D eigenvalue weighted by atomic mass is 10.2. The highest BCUT2D eigenvalue weighted by molar-refractivity contribution is 6.35. The van der Waals surface area contributed by atoms with Gasteiger partial charge in [0.1, 0.15) is 17.4 Å². The third-order valence-corrected chi connectivity index (χ3v) is 6.12. The highest BCUT2D eigenvalue weighted by Crippen LogP contribution is 2.36. The van der Waals surface area contributed by atoms with Crippen molar-refractivity contribution in [3.05, 3.63) is 50.2 Å². The Kier molecular flexibility index (Phi) is 7.72. The third kappa shape index (κ3) is 5.27. The van der Waals surface area contributed by atoms with Gasteiger partial charge in [-0.2, -0.15) is 5.10 Å². The molecule has 1 aliphatic rings. The van der Waals surface area contributed by atoms with E-state index in [1.807, 2.05) is 6.07 Å². The number of halogens is 7. The zero-order valence-corrected chi connectivity index (χ0v) is 18.6. The Morgan fingerprint density at radius 2 is 1.71 bits per heavy atom. The maximum atomic E-state index is 13.4. The van der Waals surface area contributed by atoms with Crippen LogP contribution in [0.1, 0.15) is 42.8 Å². The molecule has 2 heterocycles. The molecule has 0 saturated carbocycles. The van der Waals surface area contributed by atoms with Crippen LogP contribution in [0.15, 0.2) is 18.2 Å². The number of hydrogen-bond donors (Lipinski definition) is 0. The van der Waals surface area contributed by atoms with Crippen LogP contribution < -0.4 is 0 Å². The lowest BCUT2D eigenvalue weighted by Crippen LogP contribution is -2.50. The number of alkyl halides is 4. The zero-order chi connectivity index (χ0) is 22.9. The van der Waals surface area contributed by atoms with Crippen molar-refractivity contribution in [3.8, 4) is 0 Å². The van der Waals surface area contributed by atoms with Crippen LogP contribution in [0, 0.1) is 0 Å². The minimum atomic E-state index is -3.15. The largest absolute Gasteiger partial charge is 0.338 e. The molecule has 1 aromatic carbocycles. The van der Waals surface area contributed by atoms with E-state index >= 15 is 0 Å². The topological polar surface area (TPSA) is 41.4 Å². The second kappa shape index (κ2) is 9.94. The maximum absolute atomic E-state index is 13.4. The zero-order valence-electron chi connectivity index (χ0n) is 16.3. The van der Waals surface area contributed by atoms with Crippen molar-refractivity contribution >= 4 is 40.7 Å². The predicted octanol–water partition coefficient (Wildman–Crippen LogP) is 5.62. The van der Waals surface area contributed by atoms with Crippen molar-refractivity contribution in [1.82, 2.24) is 19.6 Å². The molecular formula is C19H19Cl3F4N4O. The maximum Gasteiger partial charge on any atom is 0.283 e. The van der Waals surface area contributed by atoms with Crippen LogP contribution in [0.5, 0.6) is 0 Å². The highest BCUT2D eigenvalue weighted by atomic mass is 35.5. The predicted molar refractivity (Wildman–Crippen MR) is 110 cm³/mol. The van der Waals surface area contributed by atoms with Crippen LogP contribution in [-0.4, -0.2) is 51.7 Å². The Morgan fingerprint density at radius 3 is 2.26 bits per heavy atom. The van der Waals surface area contributed by atoms with E-state index in [-0.39, 0.29) is 0 Å². The van der Waals surface area contributed by atoms with Crippen LogP contribution in [-0.2, 0) is 11.3 Å². The number of carbonyl (C=O) groups is 1. The molecule has 12 heteroatoms. The fourth-order valence-corrected chi connectivity index (χ4v) is 4.22. The lowest BCUT2D eigenvalue weighted by molar-refractivity contribution is -0.136. The smallest absolute Gasteiger partial charge is 0.283 e. The van der Waals surface area contributed by atoms with Crippen LogP contribution in [0.25, 0.3) is 0 Å². The summed E-state index contributed by atoms with van der Waals surface area (Å²) in [5.41, 5.74) is -0.943. The molecule has 1 saturated heterocycles. The SMILES string of the molecule is CC(C(=O)N1CCN(Cc2ccc(Cl)cc2Cl)CC1)n1nc(C(F)F)c(Cl)c1C(F)F. The van der Waals surface area contributed by atoms with Gasteiger partial charge in [0.05, 0.1) is 5.02 Å². The Labute approximate surface area is 191 Å². The molecule has 0 N–H and O–H groups in total. The molecule has 1 aromatic heterocycles. The molecule has 0 spiro atoms. The van der Waals surface area contributed by atoms with Gasteiger partial charge in [-0.25, -0.2) is 22.2 Å². The summed E-state index contributed by atoms with van der Waals surface area (Å²) in [6, 6.07) is 4.03. The summed E-state index contributed by atoms with van der Waals surface area (Å²) in [5.74, 6) is -0.494. The van der Waals surface area contributed by atoms with Gasteiger partial charge in [0.25, 0.3) is 12.9 Å². The average molecular weight is 502 g/mol. The summed E-state index contributed by atoms with van der Waals surface area (Å²) in [7, 11) is 0. The quantitative estimate of drug-likeness (QED) is 0.482. The standard InChI is InChI=1S/C19H19Cl3F4N4O/c1-10(30-16(18(25)26)14(22)15(27-30)17(23)24)19(31)29-6-4-28(5-7-29)9-11-2-3-12(20)8-13(11)21/h2-3,8,10,17-18H,4-7,9H2,1H3. The summed E-state index contributed by atoms with van der Waals surface area (Å²) in [6.07, 6.45) is -6.28. The van der Waals surface area contributed by atoms with Crippen LogP contribution in [0.3, 0.4) is 0 Å². The third-order valence-electron chi connectivity index (χ3n) is 5.14. The first-order chi connectivity index (χ1) is 14.6. The summed E-state index contributed by atoms with van der Waals surface area (Å²) in [5, 5.41) is 3.78. The Hall–Kier alpha value is -1.55. The molecule has 1 amide bonds. The number of carbonyl (C=O) groups excluding carboxylic acids is 1. The Balaban J connectivity index is 1.67. The van der Waals surface area contributed by atoms with Gasteiger partial charge in [0, 0.05) is 42.8 Å². The second-order valence-electron chi connectivity index (χ2n) is 7.14. The van der Waals surface area contributed by atoms with E-state index in [2.05, 4.69) is 10.00 Å². The summed E-state index contributed by atoms with van der Waals surface area (Å²) in [4.78, 5) is 16.4. The van der Waals surface area contributed by atoms with Gasteiger partial charge in [-0.05, 0) is 24.6 Å². The van der Waals surface area contributed by atoms with Crippen molar-refractivity contribution < 1.29 is 22.4 Å². The number of piperazine rings is 1. The number of nitrogens with zero attached hydrogens (tertiary/aromatic N) is 4. The van der Waals surface area contributed by atoms with Crippen LogP contribution in [0.4, 0.5) is 17.6 Å². The molecule has 5 nitrogen and oxygen atoms in total. The van der Waals surface area contributed by atoms with E-state index in [1.54, 1.807) is 12.1 Å². The lowest BCUT2D eigenvalue weighted by Gasteiger charge is -2.36. The van der Waals surface area contributed by atoms with E-state index in [9.17, 15) is 22.4 Å². The van der Waals surface area contributed by atoms with Gasteiger partial charge in [-0.1, -0.05) is 40.9 Å². The molecule has 1 atom stereocenters. The molecule has 0 bridgehead atoms. The summed E-state index contributed by atoms with van der Waals surface area (Å²) < 4.78 is 53.5. The van der Waals surface area contributed by atoms with Gasteiger partial charge < -0.3 is 4.90 Å². The van der Waals surface area contributed by atoms with Crippen LogP contribution in [0.2, 0.25) is 15.1 Å². The summed E-state index contributed by atoms with van der Waals surface area (Å²) >= 11 is 17.8. The molecule has 1 aliphatic heterocycles. The fourth-order valence-electron chi connectivity index (χ4n) is 3.46. The van der Waals surface area contributed by atoms with Crippen molar-refractivity contribution in [2.45, 2.75) is 32.4 Å². The number of rotatable bonds is 6. The minimum Gasteiger partial charge on any atom is -0.338 e.